The molecule has 1 aromatic carbocycles. The number of rotatable bonds is 8. The first-order valence-electron chi connectivity index (χ1n) is 9.79. The van der Waals surface area contributed by atoms with Crippen molar-refractivity contribution >= 4 is 10.9 Å². The fraction of sp³-hybridized carbons (Fsp3) is 0.500. The van der Waals surface area contributed by atoms with Gasteiger partial charge in [0.15, 0.2) is 0 Å². The third-order valence-corrected chi connectivity index (χ3v) is 4.46. The standard InChI is InChI=1S/C13H26N2.C9H7N/c1-3-5-7-9-14-11-12-15(13-14)10-8-6-4-2;1-2-6-9-8(4-1)5-3-7-10-9/h11-12H,3-10,13H2,1-2H3;1-7H. The Kier molecular flexibility index (Phi) is 8.89. The lowest BCUT2D eigenvalue weighted by molar-refractivity contribution is 0.258. The molecular weight excluding hydrogens is 306 g/mol. The van der Waals surface area contributed by atoms with E-state index in [2.05, 4.69) is 53.2 Å². The molecule has 0 radical (unpaired) electrons. The summed E-state index contributed by atoms with van der Waals surface area (Å²) in [6.45, 7) is 8.10. The third-order valence-electron chi connectivity index (χ3n) is 4.46. The molecule has 0 aliphatic carbocycles. The van der Waals surface area contributed by atoms with Gasteiger partial charge in [-0.2, -0.15) is 0 Å². The number of unbranched alkanes of at least 4 members (excludes halogenated alkanes) is 4. The van der Waals surface area contributed by atoms with Gasteiger partial charge in [0.25, 0.3) is 0 Å². The van der Waals surface area contributed by atoms with Gasteiger partial charge in [-0.05, 0) is 25.0 Å². The highest BCUT2D eigenvalue weighted by molar-refractivity contribution is 5.77. The normalized spacial score (nSPS) is 13.2. The smallest absolute Gasteiger partial charge is 0.0893 e. The highest BCUT2D eigenvalue weighted by Crippen LogP contribution is 2.10. The quantitative estimate of drug-likeness (QED) is 0.579. The molecule has 1 aliphatic rings. The molecule has 0 saturated heterocycles. The molecule has 0 atom stereocenters. The molecule has 0 saturated carbocycles. The molecule has 0 amide bonds. The topological polar surface area (TPSA) is 19.4 Å². The summed E-state index contributed by atoms with van der Waals surface area (Å²) in [5, 5.41) is 1.20. The number of benzene rings is 1. The third kappa shape index (κ3) is 7.16. The second kappa shape index (κ2) is 11.5. The average molecular weight is 340 g/mol. The van der Waals surface area contributed by atoms with E-state index in [0.29, 0.717) is 0 Å². The van der Waals surface area contributed by atoms with Crippen LogP contribution in [-0.4, -0.2) is 34.5 Å². The van der Waals surface area contributed by atoms with Crippen LogP contribution < -0.4 is 0 Å². The zero-order valence-electron chi connectivity index (χ0n) is 15.9. The first-order valence-corrected chi connectivity index (χ1v) is 9.79. The number of fused-ring (bicyclic) bond motifs is 1. The lowest BCUT2D eigenvalue weighted by Crippen LogP contribution is -2.26. The lowest BCUT2D eigenvalue weighted by Gasteiger charge is -2.21. The maximum absolute atomic E-state index is 4.18. The second-order valence-corrected chi connectivity index (χ2v) is 6.67. The van der Waals surface area contributed by atoms with E-state index in [9.17, 15) is 0 Å². The van der Waals surface area contributed by atoms with Gasteiger partial charge in [-0.3, -0.25) is 4.98 Å². The first kappa shape index (κ1) is 19.3. The Balaban J connectivity index is 0.000000194. The summed E-state index contributed by atoms with van der Waals surface area (Å²) in [6, 6.07) is 12.1. The van der Waals surface area contributed by atoms with E-state index in [1.54, 1.807) is 0 Å². The fourth-order valence-corrected chi connectivity index (χ4v) is 2.95. The van der Waals surface area contributed by atoms with Crippen molar-refractivity contribution in [3.8, 4) is 0 Å². The van der Waals surface area contributed by atoms with Crippen molar-refractivity contribution in [2.45, 2.75) is 52.4 Å². The molecule has 2 heterocycles. The molecule has 136 valence electrons. The maximum Gasteiger partial charge on any atom is 0.0893 e. The number of hydrogen-bond acceptors (Lipinski definition) is 3. The van der Waals surface area contributed by atoms with Crippen molar-refractivity contribution in [1.29, 1.82) is 0 Å². The van der Waals surface area contributed by atoms with Crippen molar-refractivity contribution < 1.29 is 0 Å². The van der Waals surface area contributed by atoms with Crippen LogP contribution in [0.1, 0.15) is 52.4 Å². The van der Waals surface area contributed by atoms with Gasteiger partial charge in [0.05, 0.1) is 12.2 Å². The van der Waals surface area contributed by atoms with Crippen molar-refractivity contribution in [2.24, 2.45) is 0 Å². The maximum atomic E-state index is 4.18. The van der Waals surface area contributed by atoms with Crippen molar-refractivity contribution in [1.82, 2.24) is 14.8 Å². The number of nitrogens with zero attached hydrogens (tertiary/aromatic N) is 3. The summed E-state index contributed by atoms with van der Waals surface area (Å²) in [4.78, 5) is 9.05. The Morgan fingerprint density at radius 1 is 0.800 bits per heavy atom. The highest BCUT2D eigenvalue weighted by atomic mass is 15.3. The summed E-state index contributed by atoms with van der Waals surface area (Å²) < 4.78 is 0. The van der Waals surface area contributed by atoms with E-state index in [1.807, 2.05) is 30.5 Å². The van der Waals surface area contributed by atoms with Crippen LogP contribution in [0.3, 0.4) is 0 Å². The van der Waals surface area contributed by atoms with Crippen LogP contribution in [0.2, 0.25) is 0 Å². The first-order chi connectivity index (χ1) is 12.3. The molecule has 0 spiro atoms. The van der Waals surface area contributed by atoms with Gasteiger partial charge in [-0.25, -0.2) is 0 Å². The summed E-state index contributed by atoms with van der Waals surface area (Å²) in [5.41, 5.74) is 1.06. The molecule has 3 heteroatoms. The SMILES string of the molecule is CCCCCN1C=CN(CCCCC)C1.c1ccc2ncccc2c1. The molecule has 0 fully saturated rings. The molecule has 2 aromatic rings. The molecular formula is C22H33N3. The predicted molar refractivity (Wildman–Crippen MR) is 108 cm³/mol. The summed E-state index contributed by atoms with van der Waals surface area (Å²) in [7, 11) is 0. The Labute approximate surface area is 153 Å². The molecule has 1 aromatic heterocycles. The van der Waals surface area contributed by atoms with Crippen LogP contribution >= 0.6 is 0 Å². The predicted octanol–water partition coefficient (Wildman–Crippen LogP) is 5.65. The van der Waals surface area contributed by atoms with Gasteiger partial charge in [0.1, 0.15) is 0 Å². The number of hydrogen-bond donors (Lipinski definition) is 0. The minimum atomic E-state index is 1.06. The average Bonchev–Trinajstić information content (AvgIpc) is 3.11. The van der Waals surface area contributed by atoms with Crippen molar-refractivity contribution in [3.05, 3.63) is 55.0 Å². The van der Waals surface area contributed by atoms with E-state index in [4.69, 9.17) is 0 Å². The largest absolute Gasteiger partial charge is 0.359 e. The van der Waals surface area contributed by atoms with Gasteiger partial charge in [0, 0.05) is 37.1 Å². The Morgan fingerprint density at radius 2 is 1.40 bits per heavy atom. The van der Waals surface area contributed by atoms with E-state index < -0.39 is 0 Å². The fourth-order valence-electron chi connectivity index (χ4n) is 2.95. The molecule has 0 bridgehead atoms. The monoisotopic (exact) mass is 339 g/mol. The van der Waals surface area contributed by atoms with Crippen LogP contribution in [0.5, 0.6) is 0 Å². The minimum Gasteiger partial charge on any atom is -0.359 e. The number of pyridine rings is 1. The van der Waals surface area contributed by atoms with Gasteiger partial charge in [-0.1, -0.05) is 63.8 Å². The van der Waals surface area contributed by atoms with E-state index in [1.165, 1.54) is 57.0 Å². The minimum absolute atomic E-state index is 1.06. The Bertz CT molecular complexity index is 540. The van der Waals surface area contributed by atoms with Crippen molar-refractivity contribution in [2.75, 3.05) is 19.8 Å². The molecule has 1 aliphatic heterocycles. The van der Waals surface area contributed by atoms with Gasteiger partial charge in [-0.15, -0.1) is 0 Å². The van der Waals surface area contributed by atoms with Crippen molar-refractivity contribution in [3.63, 3.8) is 0 Å². The lowest BCUT2D eigenvalue weighted by atomic mass is 10.2. The highest BCUT2D eigenvalue weighted by Gasteiger charge is 2.10. The van der Waals surface area contributed by atoms with Crippen LogP contribution in [0.4, 0.5) is 0 Å². The van der Waals surface area contributed by atoms with Gasteiger partial charge >= 0.3 is 0 Å². The van der Waals surface area contributed by atoms with Crippen LogP contribution in [-0.2, 0) is 0 Å². The number of para-hydroxylation sites is 1. The summed E-state index contributed by atoms with van der Waals surface area (Å²) in [6.07, 6.45) is 14.3. The van der Waals surface area contributed by atoms with E-state index in [-0.39, 0.29) is 0 Å². The van der Waals surface area contributed by atoms with Crippen LogP contribution in [0.25, 0.3) is 10.9 Å². The van der Waals surface area contributed by atoms with E-state index >= 15 is 0 Å². The van der Waals surface area contributed by atoms with Crippen LogP contribution in [0, 0.1) is 0 Å². The van der Waals surface area contributed by atoms with Gasteiger partial charge in [0.2, 0.25) is 0 Å². The molecule has 3 nitrogen and oxygen atoms in total. The molecule has 0 N–H and O–H groups in total. The molecule has 25 heavy (non-hydrogen) atoms. The summed E-state index contributed by atoms with van der Waals surface area (Å²) in [5.74, 6) is 0. The van der Waals surface area contributed by atoms with Gasteiger partial charge < -0.3 is 9.80 Å². The molecule has 3 rings (SSSR count). The number of aromatic nitrogens is 1. The molecule has 0 unspecified atom stereocenters. The van der Waals surface area contributed by atoms with E-state index in [0.717, 1.165) is 12.2 Å². The second-order valence-electron chi connectivity index (χ2n) is 6.67. The zero-order chi connectivity index (χ0) is 17.7. The Morgan fingerprint density at radius 3 is 2.00 bits per heavy atom. The summed E-state index contributed by atoms with van der Waals surface area (Å²) >= 11 is 0. The van der Waals surface area contributed by atoms with Crippen LogP contribution in [0.15, 0.2) is 55.0 Å². The zero-order valence-corrected chi connectivity index (χ0v) is 15.9. The Hall–Kier alpha value is -2.03.